The van der Waals surface area contributed by atoms with Crippen LogP contribution in [0.1, 0.15) is 28.9 Å². The predicted molar refractivity (Wildman–Crippen MR) is 131 cm³/mol. The van der Waals surface area contributed by atoms with Gasteiger partial charge in [0.25, 0.3) is 0 Å². The van der Waals surface area contributed by atoms with Crippen LogP contribution >= 0.6 is 0 Å². The molecule has 2 aromatic heterocycles. The monoisotopic (exact) mass is 480 g/mol. The number of morpholine rings is 1. The number of hydrogen-bond donors (Lipinski definition) is 1. The Hall–Kier alpha value is -3.66. The van der Waals surface area contributed by atoms with Gasteiger partial charge in [-0.25, -0.2) is 14.6 Å². The molecule has 1 fully saturated rings. The van der Waals surface area contributed by atoms with Gasteiger partial charge in [-0.3, -0.25) is 4.79 Å². The van der Waals surface area contributed by atoms with Crippen molar-refractivity contribution in [3.8, 4) is 17.3 Å². The summed E-state index contributed by atoms with van der Waals surface area (Å²) in [7, 11) is 3.21. The Morgan fingerprint density at radius 1 is 1.09 bits per heavy atom. The van der Waals surface area contributed by atoms with Crippen LogP contribution in [-0.4, -0.2) is 66.2 Å². The van der Waals surface area contributed by atoms with E-state index >= 15 is 0 Å². The SMILES string of the molecule is COc1ccc(CNC(=O)CCc2c(C)nn(-c3cc(N4CCOCC4)ncn3)c2C)c(OC)c1. The molecule has 0 unspecified atom stereocenters. The highest BCUT2D eigenvalue weighted by Gasteiger charge is 2.18. The minimum Gasteiger partial charge on any atom is -0.497 e. The van der Waals surface area contributed by atoms with Crippen molar-refractivity contribution in [1.82, 2.24) is 25.1 Å². The van der Waals surface area contributed by atoms with Crippen molar-refractivity contribution in [3.05, 3.63) is 53.1 Å². The summed E-state index contributed by atoms with van der Waals surface area (Å²) in [4.78, 5) is 23.6. The number of carbonyl (C=O) groups excluding carboxylic acids is 1. The van der Waals surface area contributed by atoms with Crippen LogP contribution in [0.5, 0.6) is 11.5 Å². The van der Waals surface area contributed by atoms with Crippen LogP contribution < -0.4 is 19.7 Å². The molecule has 1 N–H and O–H groups in total. The standard InChI is InChI=1S/C25H32N6O4/c1-17-21(7-8-25(32)26-15-19-5-6-20(33-3)13-22(19)34-4)18(2)31(29-17)24-14-23(27-16-28-24)30-9-11-35-12-10-30/h5-6,13-14,16H,7-12,15H2,1-4H3,(H,26,32). The minimum absolute atomic E-state index is 0.0361. The first kappa shape index (κ1) is 24.5. The van der Waals surface area contributed by atoms with Crippen molar-refractivity contribution in [2.45, 2.75) is 33.2 Å². The predicted octanol–water partition coefficient (Wildman–Crippen LogP) is 2.38. The van der Waals surface area contributed by atoms with Gasteiger partial charge in [0.1, 0.15) is 23.6 Å². The van der Waals surface area contributed by atoms with Crippen molar-refractivity contribution in [2.75, 3.05) is 45.4 Å². The summed E-state index contributed by atoms with van der Waals surface area (Å²) in [6, 6.07) is 7.50. The lowest BCUT2D eigenvalue weighted by atomic mass is 10.1. The highest BCUT2D eigenvalue weighted by molar-refractivity contribution is 5.76. The fraction of sp³-hybridized carbons (Fsp3) is 0.440. The summed E-state index contributed by atoms with van der Waals surface area (Å²) in [5, 5.41) is 7.68. The highest BCUT2D eigenvalue weighted by atomic mass is 16.5. The van der Waals surface area contributed by atoms with Crippen LogP contribution in [0, 0.1) is 13.8 Å². The molecule has 0 aliphatic carbocycles. The van der Waals surface area contributed by atoms with Crippen molar-refractivity contribution >= 4 is 11.7 Å². The number of ether oxygens (including phenoxy) is 3. The topological polar surface area (TPSA) is 104 Å². The Labute approximate surface area is 205 Å². The second-order valence-corrected chi connectivity index (χ2v) is 8.35. The molecule has 3 heterocycles. The molecule has 1 amide bonds. The first-order valence-electron chi connectivity index (χ1n) is 11.7. The van der Waals surface area contributed by atoms with Gasteiger partial charge in [0.15, 0.2) is 5.82 Å². The molecule has 0 spiro atoms. The van der Waals surface area contributed by atoms with E-state index in [0.717, 1.165) is 41.4 Å². The van der Waals surface area contributed by atoms with Gasteiger partial charge in [-0.05, 0) is 38.0 Å². The summed E-state index contributed by atoms with van der Waals surface area (Å²) >= 11 is 0. The maximum absolute atomic E-state index is 12.6. The molecule has 0 radical (unpaired) electrons. The molecule has 10 nitrogen and oxygen atoms in total. The number of nitrogens with one attached hydrogen (secondary N) is 1. The normalized spacial score (nSPS) is 13.5. The molecule has 1 aromatic carbocycles. The van der Waals surface area contributed by atoms with Crippen molar-refractivity contribution in [3.63, 3.8) is 0 Å². The lowest BCUT2D eigenvalue weighted by molar-refractivity contribution is -0.121. The smallest absolute Gasteiger partial charge is 0.220 e. The summed E-state index contributed by atoms with van der Waals surface area (Å²) in [6.45, 7) is 7.34. The van der Waals surface area contributed by atoms with E-state index in [2.05, 4.69) is 20.2 Å². The Morgan fingerprint density at radius 2 is 1.86 bits per heavy atom. The zero-order chi connectivity index (χ0) is 24.8. The van der Waals surface area contributed by atoms with Gasteiger partial charge < -0.3 is 24.4 Å². The molecule has 0 atom stereocenters. The number of rotatable bonds is 9. The second-order valence-electron chi connectivity index (χ2n) is 8.35. The molecule has 4 rings (SSSR count). The van der Waals surface area contributed by atoms with Gasteiger partial charge in [-0.15, -0.1) is 0 Å². The lowest BCUT2D eigenvalue weighted by Crippen LogP contribution is -2.36. The number of benzene rings is 1. The average Bonchev–Trinajstić information content (AvgIpc) is 3.19. The van der Waals surface area contributed by atoms with Crippen LogP contribution in [0.4, 0.5) is 5.82 Å². The Bertz CT molecular complexity index is 1170. The lowest BCUT2D eigenvalue weighted by Gasteiger charge is -2.27. The van der Waals surface area contributed by atoms with E-state index in [-0.39, 0.29) is 5.91 Å². The number of methoxy groups -OCH3 is 2. The largest absolute Gasteiger partial charge is 0.497 e. The zero-order valence-electron chi connectivity index (χ0n) is 20.7. The van der Waals surface area contributed by atoms with E-state index in [0.29, 0.717) is 49.9 Å². The summed E-state index contributed by atoms with van der Waals surface area (Å²) in [5.74, 6) is 2.93. The van der Waals surface area contributed by atoms with Gasteiger partial charge in [-0.2, -0.15) is 5.10 Å². The van der Waals surface area contributed by atoms with Crippen molar-refractivity contribution in [1.29, 1.82) is 0 Å². The number of aromatic nitrogens is 4. The molecule has 186 valence electrons. The fourth-order valence-corrected chi connectivity index (χ4v) is 4.20. The molecule has 35 heavy (non-hydrogen) atoms. The zero-order valence-corrected chi connectivity index (χ0v) is 20.7. The number of hydrogen-bond acceptors (Lipinski definition) is 8. The third-order valence-corrected chi connectivity index (χ3v) is 6.20. The maximum Gasteiger partial charge on any atom is 0.220 e. The van der Waals surface area contributed by atoms with Gasteiger partial charge in [0.2, 0.25) is 5.91 Å². The van der Waals surface area contributed by atoms with Crippen LogP contribution in [0.2, 0.25) is 0 Å². The van der Waals surface area contributed by atoms with E-state index in [9.17, 15) is 4.79 Å². The van der Waals surface area contributed by atoms with Gasteiger partial charge in [-0.1, -0.05) is 0 Å². The molecule has 3 aromatic rings. The number of carbonyl (C=O) groups is 1. The van der Waals surface area contributed by atoms with E-state index in [4.69, 9.17) is 19.3 Å². The minimum atomic E-state index is -0.0361. The van der Waals surface area contributed by atoms with Crippen LogP contribution in [-0.2, 0) is 22.5 Å². The first-order valence-corrected chi connectivity index (χ1v) is 11.7. The number of nitrogens with zero attached hydrogens (tertiary/aromatic N) is 5. The Morgan fingerprint density at radius 3 is 2.60 bits per heavy atom. The van der Waals surface area contributed by atoms with Crippen LogP contribution in [0.25, 0.3) is 5.82 Å². The van der Waals surface area contributed by atoms with E-state index in [1.165, 1.54) is 0 Å². The maximum atomic E-state index is 12.6. The molecular formula is C25H32N6O4. The highest BCUT2D eigenvalue weighted by Crippen LogP contribution is 2.25. The van der Waals surface area contributed by atoms with Gasteiger partial charge in [0.05, 0.1) is 33.1 Å². The van der Waals surface area contributed by atoms with Crippen molar-refractivity contribution < 1.29 is 19.0 Å². The van der Waals surface area contributed by atoms with Gasteiger partial charge in [0, 0.05) is 49.4 Å². The summed E-state index contributed by atoms with van der Waals surface area (Å²) in [6.07, 6.45) is 2.51. The number of aryl methyl sites for hydroxylation is 1. The molecule has 0 saturated carbocycles. The quantitative estimate of drug-likeness (QED) is 0.498. The van der Waals surface area contributed by atoms with Crippen LogP contribution in [0.15, 0.2) is 30.6 Å². The molecule has 0 bridgehead atoms. The van der Waals surface area contributed by atoms with Crippen molar-refractivity contribution in [2.24, 2.45) is 0 Å². The third-order valence-electron chi connectivity index (χ3n) is 6.20. The molecule has 10 heteroatoms. The Balaban J connectivity index is 1.40. The van der Waals surface area contributed by atoms with Gasteiger partial charge >= 0.3 is 0 Å². The second kappa shape index (κ2) is 11.2. The molecule has 1 aliphatic heterocycles. The van der Waals surface area contributed by atoms with E-state index in [1.54, 1.807) is 26.6 Å². The summed E-state index contributed by atoms with van der Waals surface area (Å²) in [5.41, 5.74) is 3.80. The van der Waals surface area contributed by atoms with E-state index < -0.39 is 0 Å². The molecular weight excluding hydrogens is 448 g/mol. The van der Waals surface area contributed by atoms with E-state index in [1.807, 2.05) is 36.7 Å². The Kier molecular flexibility index (Phi) is 7.81. The average molecular weight is 481 g/mol. The number of anilines is 1. The third kappa shape index (κ3) is 5.71. The number of amides is 1. The first-order chi connectivity index (χ1) is 17.0. The van der Waals surface area contributed by atoms with Crippen LogP contribution in [0.3, 0.4) is 0 Å². The summed E-state index contributed by atoms with van der Waals surface area (Å²) < 4.78 is 17.9. The fourth-order valence-electron chi connectivity index (χ4n) is 4.20. The molecule has 1 aliphatic rings. The molecule has 1 saturated heterocycles.